The SMILES string of the molecule is c1nc([C@@H]2CCCN2)[nH]c1-c1ccc(C2CCC(c3cnc(C4CCCN4)[nH]3)CC2)c2c1C1CCC2C1. The first-order valence-corrected chi connectivity index (χ1v) is 15.1. The van der Waals surface area contributed by atoms with Crippen LogP contribution in [0.3, 0.4) is 0 Å². The van der Waals surface area contributed by atoms with Crippen molar-refractivity contribution in [3.05, 3.63) is 58.6 Å². The van der Waals surface area contributed by atoms with Crippen molar-refractivity contribution < 1.29 is 0 Å². The van der Waals surface area contributed by atoms with Gasteiger partial charge in [0.15, 0.2) is 0 Å². The molecule has 4 fully saturated rings. The lowest BCUT2D eigenvalue weighted by Crippen LogP contribution is -2.16. The number of hydrogen-bond acceptors (Lipinski definition) is 4. The van der Waals surface area contributed by atoms with Crippen LogP contribution in [0, 0.1) is 0 Å². The average Bonchev–Trinajstić information content (AvgIpc) is 3.79. The molecule has 6 nitrogen and oxygen atoms in total. The van der Waals surface area contributed by atoms with Crippen LogP contribution in [-0.4, -0.2) is 33.0 Å². The summed E-state index contributed by atoms with van der Waals surface area (Å²) in [4.78, 5) is 17.0. The molecule has 8 rings (SSSR count). The lowest BCUT2D eigenvalue weighted by Gasteiger charge is -2.32. The lowest BCUT2D eigenvalue weighted by molar-refractivity contribution is 0.389. The molecule has 0 amide bonds. The Morgan fingerprint density at radius 1 is 0.622 bits per heavy atom. The molecule has 2 aliphatic heterocycles. The van der Waals surface area contributed by atoms with E-state index in [4.69, 9.17) is 9.97 Å². The molecule has 6 heteroatoms. The summed E-state index contributed by atoms with van der Waals surface area (Å²) in [6, 6.07) is 5.78. The molecule has 0 radical (unpaired) electrons. The van der Waals surface area contributed by atoms with Crippen molar-refractivity contribution in [2.45, 2.75) is 106 Å². The second kappa shape index (κ2) is 9.09. The highest BCUT2D eigenvalue weighted by molar-refractivity contribution is 5.70. The maximum Gasteiger partial charge on any atom is 0.123 e. The van der Waals surface area contributed by atoms with Gasteiger partial charge in [-0.3, -0.25) is 0 Å². The quantitative estimate of drug-likeness (QED) is 0.327. The maximum absolute atomic E-state index is 4.81. The number of nitrogens with one attached hydrogen (secondary N) is 4. The van der Waals surface area contributed by atoms with Gasteiger partial charge in [-0.15, -0.1) is 0 Å². The molecular weight excluding hydrogens is 456 g/mol. The minimum atomic E-state index is 0.396. The number of nitrogens with zero attached hydrogens (tertiary/aromatic N) is 2. The lowest BCUT2D eigenvalue weighted by atomic mass is 9.73. The van der Waals surface area contributed by atoms with Crippen LogP contribution in [0.4, 0.5) is 0 Å². The molecule has 0 spiro atoms. The van der Waals surface area contributed by atoms with E-state index in [2.05, 4.69) is 45.1 Å². The first kappa shape index (κ1) is 22.5. The highest BCUT2D eigenvalue weighted by Gasteiger charge is 2.42. The van der Waals surface area contributed by atoms with Crippen molar-refractivity contribution in [1.29, 1.82) is 0 Å². The van der Waals surface area contributed by atoms with Crippen molar-refractivity contribution in [3.63, 3.8) is 0 Å². The summed E-state index contributed by atoms with van der Waals surface area (Å²) in [5, 5.41) is 7.18. The molecule has 3 aromatic rings. The third kappa shape index (κ3) is 3.82. The van der Waals surface area contributed by atoms with Crippen LogP contribution in [0.2, 0.25) is 0 Å². The first-order valence-electron chi connectivity index (χ1n) is 15.1. The van der Waals surface area contributed by atoms with E-state index in [-0.39, 0.29) is 0 Å². The number of aromatic nitrogens is 4. The van der Waals surface area contributed by atoms with Gasteiger partial charge in [-0.25, -0.2) is 9.97 Å². The summed E-state index contributed by atoms with van der Waals surface area (Å²) < 4.78 is 0. The minimum absolute atomic E-state index is 0.396. The molecule has 4 heterocycles. The number of hydrogen-bond donors (Lipinski definition) is 4. The fourth-order valence-corrected chi connectivity index (χ4v) is 8.58. The molecular formula is C31H40N6. The summed E-state index contributed by atoms with van der Waals surface area (Å²) >= 11 is 0. The van der Waals surface area contributed by atoms with Crippen LogP contribution >= 0.6 is 0 Å². The molecule has 3 unspecified atom stereocenters. The topological polar surface area (TPSA) is 81.4 Å². The standard InChI is InChI=1S/C31H40N6/c1-3-24(32-13-1)30-34-16-26(36-30)19-7-5-18(6-8-19)22-11-12-23(29-21-10-9-20(15-21)28(22)29)27-17-35-31(37-27)25-4-2-14-33-25/h11-12,16-21,24-25,32-33H,1-10,13-15H2,(H,34,36)(H,35,37)/t18?,19?,20?,21?,24?,25-/m0/s1. The Bertz CT molecular complexity index is 1270. The van der Waals surface area contributed by atoms with Crippen LogP contribution in [0.1, 0.15) is 140 Å². The fourth-order valence-electron chi connectivity index (χ4n) is 8.58. The number of rotatable bonds is 5. The molecule has 5 aliphatic rings. The third-order valence-electron chi connectivity index (χ3n) is 10.5. The van der Waals surface area contributed by atoms with Gasteiger partial charge in [-0.2, -0.15) is 0 Å². The van der Waals surface area contributed by atoms with Gasteiger partial charge in [0.05, 0.1) is 24.0 Å². The smallest absolute Gasteiger partial charge is 0.123 e. The number of benzene rings is 1. The number of imidazole rings is 2. The Morgan fingerprint density at radius 3 is 2.00 bits per heavy atom. The van der Waals surface area contributed by atoms with Crippen molar-refractivity contribution >= 4 is 0 Å². The van der Waals surface area contributed by atoms with Crippen LogP contribution in [0.25, 0.3) is 11.3 Å². The van der Waals surface area contributed by atoms with E-state index in [9.17, 15) is 0 Å². The molecule has 1 aromatic carbocycles. The van der Waals surface area contributed by atoms with Crippen molar-refractivity contribution in [3.8, 4) is 11.3 Å². The summed E-state index contributed by atoms with van der Waals surface area (Å²) in [5.74, 6) is 5.14. The van der Waals surface area contributed by atoms with Crippen LogP contribution in [-0.2, 0) is 0 Å². The normalized spacial score (nSPS) is 32.9. The van der Waals surface area contributed by atoms with E-state index in [0.717, 1.165) is 36.6 Å². The minimum Gasteiger partial charge on any atom is -0.344 e. The fraction of sp³-hybridized carbons (Fsp3) is 0.613. The second-order valence-electron chi connectivity index (χ2n) is 12.5. The van der Waals surface area contributed by atoms with Gasteiger partial charge in [-0.05, 0) is 118 Å². The zero-order chi connectivity index (χ0) is 24.3. The van der Waals surface area contributed by atoms with Crippen LogP contribution in [0.5, 0.6) is 0 Å². The van der Waals surface area contributed by atoms with Crippen molar-refractivity contribution in [2.75, 3.05) is 13.1 Å². The zero-order valence-electron chi connectivity index (χ0n) is 21.9. The first-order chi connectivity index (χ1) is 18.3. The Morgan fingerprint density at radius 2 is 1.27 bits per heavy atom. The predicted molar refractivity (Wildman–Crippen MR) is 146 cm³/mol. The Hall–Kier alpha value is -2.44. The molecule has 3 aliphatic carbocycles. The Balaban J connectivity index is 1.04. The van der Waals surface area contributed by atoms with Gasteiger partial charge in [0.25, 0.3) is 0 Å². The average molecular weight is 497 g/mol. The molecule has 2 saturated heterocycles. The predicted octanol–water partition coefficient (Wildman–Crippen LogP) is 6.45. The summed E-state index contributed by atoms with van der Waals surface area (Å²) in [6.07, 6.45) is 18.4. The zero-order valence-corrected chi connectivity index (χ0v) is 21.9. The molecule has 2 bridgehead atoms. The van der Waals surface area contributed by atoms with Gasteiger partial charge in [-0.1, -0.05) is 12.1 Å². The van der Waals surface area contributed by atoms with Crippen molar-refractivity contribution in [2.24, 2.45) is 0 Å². The highest BCUT2D eigenvalue weighted by Crippen LogP contribution is 2.58. The van der Waals surface area contributed by atoms with E-state index in [1.807, 2.05) is 0 Å². The molecule has 37 heavy (non-hydrogen) atoms. The Kier molecular flexibility index (Phi) is 5.54. The van der Waals surface area contributed by atoms with Gasteiger partial charge in [0.2, 0.25) is 0 Å². The molecule has 4 N–H and O–H groups in total. The van der Waals surface area contributed by atoms with E-state index in [0.29, 0.717) is 23.9 Å². The van der Waals surface area contributed by atoms with E-state index in [1.54, 1.807) is 16.7 Å². The van der Waals surface area contributed by atoms with E-state index < -0.39 is 0 Å². The van der Waals surface area contributed by atoms with Crippen LogP contribution in [0.15, 0.2) is 24.5 Å². The van der Waals surface area contributed by atoms with E-state index in [1.165, 1.54) is 87.6 Å². The van der Waals surface area contributed by atoms with Gasteiger partial charge in [0, 0.05) is 23.4 Å². The van der Waals surface area contributed by atoms with Crippen LogP contribution < -0.4 is 10.6 Å². The van der Waals surface area contributed by atoms with Gasteiger partial charge in [0.1, 0.15) is 11.6 Å². The second-order valence-corrected chi connectivity index (χ2v) is 12.5. The van der Waals surface area contributed by atoms with Gasteiger partial charge < -0.3 is 20.6 Å². The summed E-state index contributed by atoms with van der Waals surface area (Å²) in [7, 11) is 0. The largest absolute Gasteiger partial charge is 0.344 e. The number of fused-ring (bicyclic) bond motifs is 5. The molecule has 2 aromatic heterocycles. The van der Waals surface area contributed by atoms with Crippen molar-refractivity contribution in [1.82, 2.24) is 30.6 Å². The monoisotopic (exact) mass is 496 g/mol. The highest BCUT2D eigenvalue weighted by atomic mass is 15.0. The number of H-pyrrole nitrogens is 2. The Labute approximate surface area is 219 Å². The number of aromatic amines is 2. The molecule has 4 atom stereocenters. The maximum atomic E-state index is 4.81. The van der Waals surface area contributed by atoms with Gasteiger partial charge >= 0.3 is 0 Å². The molecule has 2 saturated carbocycles. The third-order valence-corrected chi connectivity index (χ3v) is 10.5. The van der Waals surface area contributed by atoms with E-state index >= 15 is 0 Å². The summed E-state index contributed by atoms with van der Waals surface area (Å²) in [5.41, 5.74) is 9.13. The summed E-state index contributed by atoms with van der Waals surface area (Å²) in [6.45, 7) is 2.23. The molecule has 194 valence electrons.